The van der Waals surface area contributed by atoms with Gasteiger partial charge in [0, 0.05) is 11.1 Å². The first-order valence-electron chi connectivity index (χ1n) is 6.27. The van der Waals surface area contributed by atoms with Gasteiger partial charge in [-0.3, -0.25) is 0 Å². The third-order valence-corrected chi connectivity index (χ3v) is 5.89. The first-order valence-corrected chi connectivity index (χ1v) is 8.54. The van der Waals surface area contributed by atoms with E-state index in [2.05, 4.69) is 4.72 Å². The molecule has 2 rings (SSSR count). The van der Waals surface area contributed by atoms with Crippen LogP contribution in [-0.4, -0.2) is 18.9 Å². The van der Waals surface area contributed by atoms with E-state index in [4.69, 9.17) is 29.6 Å². The molecule has 110 valence electrons. The Bertz CT molecular complexity index is 652. The van der Waals surface area contributed by atoms with E-state index < -0.39 is 15.6 Å². The fourth-order valence-electron chi connectivity index (χ4n) is 2.16. The molecule has 0 bridgehead atoms. The highest BCUT2D eigenvalue weighted by Crippen LogP contribution is 2.40. The Morgan fingerprint density at radius 3 is 2.50 bits per heavy atom. The van der Waals surface area contributed by atoms with E-state index in [0.29, 0.717) is 11.5 Å². The summed E-state index contributed by atoms with van der Waals surface area (Å²) in [5.74, 6) is 0.381. The van der Waals surface area contributed by atoms with Crippen molar-refractivity contribution in [3.63, 3.8) is 0 Å². The second kappa shape index (κ2) is 5.26. The highest BCUT2D eigenvalue weighted by molar-refractivity contribution is 7.89. The summed E-state index contributed by atoms with van der Waals surface area (Å²) in [6, 6.07) is 4.47. The normalized spacial score (nSPS) is 16.1. The highest BCUT2D eigenvalue weighted by atomic mass is 35.5. The molecule has 20 heavy (non-hydrogen) atoms. The summed E-state index contributed by atoms with van der Waals surface area (Å²) >= 11 is 10.9. The van der Waals surface area contributed by atoms with Gasteiger partial charge in [0.25, 0.3) is 0 Å². The molecule has 0 aromatic heterocycles. The van der Waals surface area contributed by atoms with Gasteiger partial charge in [-0.05, 0) is 44.7 Å². The molecule has 4 nitrogen and oxygen atoms in total. The number of benzene rings is 1. The van der Waals surface area contributed by atoms with Gasteiger partial charge < -0.3 is 5.73 Å². The van der Waals surface area contributed by atoms with Gasteiger partial charge in [-0.2, -0.15) is 0 Å². The van der Waals surface area contributed by atoms with Gasteiger partial charge in [0.1, 0.15) is 9.88 Å². The smallest absolute Gasteiger partial charge is 0.242 e. The molecule has 0 saturated heterocycles. The number of sulfonamides is 1. The maximum absolute atomic E-state index is 12.4. The SMILES string of the molecule is CC(C)(NS(=O)(=O)c1ccc(C(N)=S)cc1Cl)C1CC1. The van der Waals surface area contributed by atoms with Crippen LogP contribution in [0, 0.1) is 5.92 Å². The van der Waals surface area contributed by atoms with Crippen LogP contribution in [0.2, 0.25) is 5.02 Å². The average Bonchev–Trinajstić information content (AvgIpc) is 3.10. The third-order valence-electron chi connectivity index (χ3n) is 3.50. The molecule has 3 N–H and O–H groups in total. The zero-order valence-corrected chi connectivity index (χ0v) is 13.7. The number of hydrogen-bond donors (Lipinski definition) is 2. The van der Waals surface area contributed by atoms with E-state index >= 15 is 0 Å². The number of thiocarbonyl (C=S) groups is 1. The molecule has 7 heteroatoms. The Morgan fingerprint density at radius 2 is 2.05 bits per heavy atom. The molecule has 1 aromatic carbocycles. The molecule has 1 aliphatic carbocycles. The van der Waals surface area contributed by atoms with Crippen LogP contribution in [0.5, 0.6) is 0 Å². The summed E-state index contributed by atoms with van der Waals surface area (Å²) < 4.78 is 27.6. The number of nitrogens with two attached hydrogens (primary N) is 1. The van der Waals surface area contributed by atoms with E-state index in [1.165, 1.54) is 12.1 Å². The lowest BCUT2D eigenvalue weighted by Crippen LogP contribution is -2.45. The Balaban J connectivity index is 2.32. The molecule has 1 fully saturated rings. The Morgan fingerprint density at radius 1 is 1.45 bits per heavy atom. The summed E-state index contributed by atoms with van der Waals surface area (Å²) in [4.78, 5) is 0.231. The van der Waals surface area contributed by atoms with Crippen LogP contribution in [0.15, 0.2) is 23.1 Å². The van der Waals surface area contributed by atoms with Crippen molar-refractivity contribution in [3.05, 3.63) is 28.8 Å². The molecule has 0 aliphatic heterocycles. The second-order valence-corrected chi connectivity index (χ2v) is 8.11. The van der Waals surface area contributed by atoms with Crippen molar-refractivity contribution in [1.82, 2.24) is 4.72 Å². The fraction of sp³-hybridized carbons (Fsp3) is 0.462. The second-order valence-electron chi connectivity index (χ2n) is 5.61. The minimum absolute atomic E-state index is 0.0490. The monoisotopic (exact) mass is 332 g/mol. The first-order chi connectivity index (χ1) is 9.13. The van der Waals surface area contributed by atoms with Crippen LogP contribution in [0.1, 0.15) is 32.3 Å². The highest BCUT2D eigenvalue weighted by Gasteiger charge is 2.40. The number of hydrogen-bond acceptors (Lipinski definition) is 3. The van der Waals surface area contributed by atoms with Gasteiger partial charge in [0.05, 0.1) is 5.02 Å². The predicted octanol–water partition coefficient (Wildman–Crippen LogP) is 2.44. The summed E-state index contributed by atoms with van der Waals surface area (Å²) in [6.45, 7) is 3.78. The Kier molecular flexibility index (Phi) is 4.12. The van der Waals surface area contributed by atoms with Gasteiger partial charge in [0.15, 0.2) is 0 Å². The Labute approximate surface area is 129 Å². The average molecular weight is 333 g/mol. The molecule has 0 atom stereocenters. The van der Waals surface area contributed by atoms with Crippen molar-refractivity contribution < 1.29 is 8.42 Å². The van der Waals surface area contributed by atoms with Crippen LogP contribution >= 0.6 is 23.8 Å². The van der Waals surface area contributed by atoms with Crippen LogP contribution in [0.3, 0.4) is 0 Å². The number of nitrogens with one attached hydrogen (secondary N) is 1. The minimum Gasteiger partial charge on any atom is -0.389 e. The molecule has 0 amide bonds. The molecule has 1 aliphatic rings. The maximum atomic E-state index is 12.4. The van der Waals surface area contributed by atoms with Gasteiger partial charge in [-0.25, -0.2) is 13.1 Å². The van der Waals surface area contributed by atoms with Crippen molar-refractivity contribution >= 4 is 38.8 Å². The lowest BCUT2D eigenvalue weighted by Gasteiger charge is -2.26. The summed E-state index contributed by atoms with van der Waals surface area (Å²) in [7, 11) is -3.66. The van der Waals surface area contributed by atoms with Gasteiger partial charge >= 0.3 is 0 Å². The lowest BCUT2D eigenvalue weighted by molar-refractivity contribution is 0.400. The topological polar surface area (TPSA) is 72.2 Å². The molecule has 0 radical (unpaired) electrons. The predicted molar refractivity (Wildman–Crippen MR) is 84.5 cm³/mol. The summed E-state index contributed by atoms with van der Waals surface area (Å²) in [5.41, 5.74) is 5.58. The minimum atomic E-state index is -3.66. The first kappa shape index (κ1) is 15.7. The number of halogens is 1. The molecule has 0 unspecified atom stereocenters. The van der Waals surface area contributed by atoms with Crippen LogP contribution in [0.4, 0.5) is 0 Å². The van der Waals surface area contributed by atoms with Crippen LogP contribution in [0.25, 0.3) is 0 Å². The zero-order valence-electron chi connectivity index (χ0n) is 11.3. The van der Waals surface area contributed by atoms with Gasteiger partial charge in [-0.15, -0.1) is 0 Å². The van der Waals surface area contributed by atoms with E-state index in [-0.39, 0.29) is 14.9 Å². The molecular formula is C13H17ClN2O2S2. The number of rotatable bonds is 5. The third kappa shape index (κ3) is 3.31. The summed E-state index contributed by atoms with van der Waals surface area (Å²) in [5, 5.41) is 0.120. The van der Waals surface area contributed by atoms with E-state index in [1.54, 1.807) is 6.07 Å². The van der Waals surface area contributed by atoms with E-state index in [1.807, 2.05) is 13.8 Å². The molecule has 0 heterocycles. The van der Waals surface area contributed by atoms with Gasteiger partial charge in [0.2, 0.25) is 10.0 Å². The molecular weight excluding hydrogens is 316 g/mol. The van der Waals surface area contributed by atoms with Gasteiger partial charge in [-0.1, -0.05) is 29.9 Å². The largest absolute Gasteiger partial charge is 0.389 e. The zero-order chi connectivity index (χ0) is 15.1. The van der Waals surface area contributed by atoms with E-state index in [9.17, 15) is 8.42 Å². The molecule has 1 saturated carbocycles. The van der Waals surface area contributed by atoms with Crippen LogP contribution in [-0.2, 0) is 10.0 Å². The summed E-state index contributed by atoms with van der Waals surface area (Å²) in [6.07, 6.45) is 2.09. The van der Waals surface area contributed by atoms with Crippen molar-refractivity contribution in [1.29, 1.82) is 0 Å². The lowest BCUT2D eigenvalue weighted by atomic mass is 10.0. The van der Waals surface area contributed by atoms with Crippen molar-refractivity contribution in [3.8, 4) is 0 Å². The maximum Gasteiger partial charge on any atom is 0.242 e. The fourth-order valence-corrected chi connectivity index (χ4v) is 4.31. The van der Waals surface area contributed by atoms with Crippen molar-refractivity contribution in [2.24, 2.45) is 11.7 Å². The van der Waals surface area contributed by atoms with E-state index in [0.717, 1.165) is 12.8 Å². The molecule has 0 spiro atoms. The quantitative estimate of drug-likeness (QED) is 0.812. The van der Waals surface area contributed by atoms with Crippen molar-refractivity contribution in [2.45, 2.75) is 37.1 Å². The van der Waals surface area contributed by atoms with Crippen LogP contribution < -0.4 is 10.5 Å². The molecule has 1 aromatic rings. The Hall–Kier alpha value is -0.690. The van der Waals surface area contributed by atoms with Crippen molar-refractivity contribution in [2.75, 3.05) is 0 Å². The standard InChI is InChI=1S/C13H17ClN2O2S2/c1-13(2,9-4-5-9)16-20(17,18)11-6-3-8(12(15)19)7-10(11)14/h3,6-7,9,16H,4-5H2,1-2H3,(H2,15,19).